The number of likely N-dealkylation sites (tertiary alicyclic amines) is 1. The molecule has 6 heteroatoms. The summed E-state index contributed by atoms with van der Waals surface area (Å²) < 4.78 is 9.31. The van der Waals surface area contributed by atoms with Crippen molar-refractivity contribution in [2.75, 3.05) is 33.7 Å². The van der Waals surface area contributed by atoms with Gasteiger partial charge in [-0.1, -0.05) is 32.4 Å². The molecule has 0 N–H and O–H groups in total. The molecule has 2 aliphatic heterocycles. The van der Waals surface area contributed by atoms with E-state index >= 15 is 0 Å². The number of likely N-dealkylation sites (N-methyl/N-ethyl adjacent to an activating group) is 1. The Hall–Kier alpha value is -2.34. The maximum absolute atomic E-state index is 12.2. The van der Waals surface area contributed by atoms with Gasteiger partial charge in [0.05, 0.1) is 12.2 Å². The highest BCUT2D eigenvalue weighted by atomic mass is 16.5. The summed E-state index contributed by atoms with van der Waals surface area (Å²) in [6, 6.07) is 8.47. The molecule has 1 amide bonds. The molecule has 0 bridgehead atoms. The van der Waals surface area contributed by atoms with Gasteiger partial charge in [-0.2, -0.15) is 0 Å². The summed E-state index contributed by atoms with van der Waals surface area (Å²) in [5, 5.41) is 0. The smallest absolute Gasteiger partial charge is 0.236 e. The molecule has 1 aliphatic carbocycles. The maximum Gasteiger partial charge on any atom is 0.236 e. The van der Waals surface area contributed by atoms with Gasteiger partial charge in [0.2, 0.25) is 5.91 Å². The van der Waals surface area contributed by atoms with E-state index in [1.807, 2.05) is 14.1 Å². The molecular formula is C26H36N4O2. The Morgan fingerprint density at radius 1 is 1.22 bits per heavy atom. The highest BCUT2D eigenvalue weighted by Gasteiger charge is 2.47. The van der Waals surface area contributed by atoms with Gasteiger partial charge in [-0.3, -0.25) is 9.69 Å². The number of ether oxygens (including phenoxy) is 1. The second-order valence-corrected chi connectivity index (χ2v) is 10.4. The average Bonchev–Trinajstić information content (AvgIpc) is 3.13. The number of rotatable bonds is 5. The molecule has 5 rings (SSSR count). The maximum atomic E-state index is 12.2. The van der Waals surface area contributed by atoms with Crippen LogP contribution in [0.3, 0.4) is 0 Å². The summed E-state index contributed by atoms with van der Waals surface area (Å²) in [6.07, 6.45) is 5.70. The molecular weight excluding hydrogens is 400 g/mol. The summed E-state index contributed by atoms with van der Waals surface area (Å²) >= 11 is 0. The van der Waals surface area contributed by atoms with Gasteiger partial charge in [0.15, 0.2) is 5.60 Å². The van der Waals surface area contributed by atoms with Crippen LogP contribution < -0.4 is 4.74 Å². The van der Waals surface area contributed by atoms with Crippen LogP contribution in [0.4, 0.5) is 0 Å². The first-order valence-electron chi connectivity index (χ1n) is 12.2. The fraction of sp³-hybridized carbons (Fsp3) is 0.615. The number of hydrogen-bond acceptors (Lipinski definition) is 4. The Morgan fingerprint density at radius 3 is 2.56 bits per heavy atom. The van der Waals surface area contributed by atoms with Gasteiger partial charge in [-0.05, 0) is 30.9 Å². The zero-order chi connectivity index (χ0) is 22.5. The SMILES string of the molecule is CC(C)c1nc2c(n1CC1CCC1)-c1ccccc1OC21CCN(CC(=O)N(C)C)CC1. The molecule has 1 saturated carbocycles. The number of carbonyl (C=O) groups excluding carboxylic acids is 1. The van der Waals surface area contributed by atoms with Crippen molar-refractivity contribution in [2.24, 2.45) is 5.92 Å². The third-order valence-corrected chi connectivity index (χ3v) is 7.58. The predicted octanol–water partition coefficient (Wildman–Crippen LogP) is 4.25. The third-order valence-electron chi connectivity index (χ3n) is 7.58. The number of imidazole rings is 1. The molecule has 32 heavy (non-hydrogen) atoms. The molecule has 1 saturated heterocycles. The molecule has 1 spiro atoms. The van der Waals surface area contributed by atoms with Gasteiger partial charge in [0.1, 0.15) is 17.3 Å². The molecule has 6 nitrogen and oxygen atoms in total. The molecule has 0 atom stereocenters. The summed E-state index contributed by atoms with van der Waals surface area (Å²) in [4.78, 5) is 21.5. The highest BCUT2D eigenvalue weighted by molar-refractivity contribution is 5.77. The van der Waals surface area contributed by atoms with Crippen molar-refractivity contribution < 1.29 is 9.53 Å². The van der Waals surface area contributed by atoms with E-state index < -0.39 is 5.60 Å². The number of benzene rings is 1. The Labute approximate surface area is 191 Å². The number of carbonyl (C=O) groups is 1. The van der Waals surface area contributed by atoms with Gasteiger partial charge < -0.3 is 14.2 Å². The Bertz CT molecular complexity index is 997. The lowest BCUT2D eigenvalue weighted by Gasteiger charge is -2.44. The summed E-state index contributed by atoms with van der Waals surface area (Å²) in [7, 11) is 3.65. The van der Waals surface area contributed by atoms with Crippen molar-refractivity contribution in [3.63, 3.8) is 0 Å². The molecule has 1 aromatic heterocycles. The molecule has 3 heterocycles. The predicted molar refractivity (Wildman–Crippen MR) is 126 cm³/mol. The number of aromatic nitrogens is 2. The molecule has 0 unspecified atom stereocenters. The fourth-order valence-electron chi connectivity index (χ4n) is 5.37. The summed E-state index contributed by atoms with van der Waals surface area (Å²) in [5.41, 5.74) is 3.17. The van der Waals surface area contributed by atoms with E-state index in [0.717, 1.165) is 49.8 Å². The lowest BCUT2D eigenvalue weighted by molar-refractivity contribution is -0.131. The van der Waals surface area contributed by atoms with Crippen molar-refractivity contribution in [3.8, 4) is 17.0 Å². The number of hydrogen-bond donors (Lipinski definition) is 0. The first kappa shape index (κ1) is 21.5. The van der Waals surface area contributed by atoms with Crippen molar-refractivity contribution in [1.82, 2.24) is 19.4 Å². The minimum atomic E-state index is -0.407. The Morgan fingerprint density at radius 2 is 1.94 bits per heavy atom. The zero-order valence-corrected chi connectivity index (χ0v) is 19.9. The molecule has 2 aromatic rings. The third kappa shape index (κ3) is 3.62. The van der Waals surface area contributed by atoms with E-state index in [2.05, 4.69) is 47.6 Å². The van der Waals surface area contributed by atoms with Gasteiger partial charge in [0, 0.05) is 58.1 Å². The first-order chi connectivity index (χ1) is 15.4. The van der Waals surface area contributed by atoms with Crippen LogP contribution in [0.25, 0.3) is 11.3 Å². The molecule has 172 valence electrons. The second-order valence-electron chi connectivity index (χ2n) is 10.4. The van der Waals surface area contributed by atoms with E-state index in [9.17, 15) is 4.79 Å². The van der Waals surface area contributed by atoms with Crippen LogP contribution in [0.15, 0.2) is 24.3 Å². The van der Waals surface area contributed by atoms with Crippen LogP contribution >= 0.6 is 0 Å². The number of nitrogens with zero attached hydrogens (tertiary/aromatic N) is 4. The normalized spacial score (nSPS) is 19.9. The van der Waals surface area contributed by atoms with E-state index in [0.29, 0.717) is 12.5 Å². The monoisotopic (exact) mass is 436 g/mol. The van der Waals surface area contributed by atoms with Crippen molar-refractivity contribution >= 4 is 5.91 Å². The van der Waals surface area contributed by atoms with E-state index in [1.165, 1.54) is 36.3 Å². The van der Waals surface area contributed by atoms with Gasteiger partial charge in [-0.25, -0.2) is 4.98 Å². The van der Waals surface area contributed by atoms with Crippen LogP contribution in [0, 0.1) is 5.92 Å². The zero-order valence-electron chi connectivity index (χ0n) is 19.9. The van der Waals surface area contributed by atoms with Gasteiger partial charge in [0.25, 0.3) is 0 Å². The second kappa shape index (κ2) is 8.22. The van der Waals surface area contributed by atoms with Crippen LogP contribution in [0.2, 0.25) is 0 Å². The fourth-order valence-corrected chi connectivity index (χ4v) is 5.37. The van der Waals surface area contributed by atoms with E-state index in [4.69, 9.17) is 9.72 Å². The lowest BCUT2D eigenvalue weighted by atomic mass is 9.82. The summed E-state index contributed by atoms with van der Waals surface area (Å²) in [5.74, 6) is 3.44. The highest BCUT2D eigenvalue weighted by Crippen LogP contribution is 2.50. The minimum absolute atomic E-state index is 0.156. The number of fused-ring (bicyclic) bond motifs is 4. The lowest BCUT2D eigenvalue weighted by Crippen LogP contribution is -2.49. The first-order valence-corrected chi connectivity index (χ1v) is 12.2. The van der Waals surface area contributed by atoms with Gasteiger partial charge in [-0.15, -0.1) is 0 Å². The Balaban J connectivity index is 1.53. The summed E-state index contributed by atoms with van der Waals surface area (Å²) in [6.45, 7) is 7.71. The number of para-hydroxylation sites is 1. The van der Waals surface area contributed by atoms with E-state index in [1.54, 1.807) is 4.90 Å². The largest absolute Gasteiger partial charge is 0.480 e. The van der Waals surface area contributed by atoms with Gasteiger partial charge >= 0.3 is 0 Å². The van der Waals surface area contributed by atoms with Crippen molar-refractivity contribution in [2.45, 2.75) is 64.0 Å². The molecule has 2 fully saturated rings. The number of piperidine rings is 1. The average molecular weight is 437 g/mol. The molecule has 3 aliphatic rings. The van der Waals surface area contributed by atoms with Crippen LogP contribution in [0.1, 0.15) is 63.4 Å². The van der Waals surface area contributed by atoms with Crippen LogP contribution in [0.5, 0.6) is 5.75 Å². The minimum Gasteiger partial charge on any atom is -0.480 e. The topological polar surface area (TPSA) is 50.6 Å². The Kier molecular flexibility index (Phi) is 5.52. The van der Waals surface area contributed by atoms with Crippen LogP contribution in [-0.2, 0) is 16.9 Å². The standard InChI is InChI=1S/C26H36N4O2/c1-18(2)25-27-24-23(30(25)16-19-8-7-9-19)20-10-5-6-11-21(20)32-26(24)12-14-29(15-13-26)17-22(31)28(3)4/h5-6,10-11,18-19H,7-9,12-17H2,1-4H3. The number of amides is 1. The van der Waals surface area contributed by atoms with Crippen molar-refractivity contribution in [1.29, 1.82) is 0 Å². The quantitative estimate of drug-likeness (QED) is 0.703. The molecule has 1 aromatic carbocycles. The van der Waals surface area contributed by atoms with Crippen LogP contribution in [-0.4, -0.2) is 59.0 Å². The van der Waals surface area contributed by atoms with E-state index in [-0.39, 0.29) is 5.91 Å². The van der Waals surface area contributed by atoms with Crippen molar-refractivity contribution in [3.05, 3.63) is 35.8 Å². The molecule has 0 radical (unpaired) electrons.